The summed E-state index contributed by atoms with van der Waals surface area (Å²) in [4.78, 5) is 30.8. The predicted molar refractivity (Wildman–Crippen MR) is 132 cm³/mol. The first-order valence-electron chi connectivity index (χ1n) is 11.4. The molecule has 2 amide bonds. The van der Waals surface area contributed by atoms with Gasteiger partial charge in [-0.15, -0.1) is 0 Å². The number of anilines is 2. The summed E-state index contributed by atoms with van der Waals surface area (Å²) in [5, 5.41) is 9.08. The standard InChI is InChI=1S/C28H27N3O3/c1-4-30(22-13-9-20(18-29)10-14-22)28(33)25-17-19(2)31(26-8-6-5-7-24(25)26)27(32)21-11-15-23(34-3)16-12-21/h5-16,19,25H,4,17H2,1-3H3/t19-,25-/m1/s1. The first kappa shape index (κ1) is 23.1. The van der Waals surface area contributed by atoms with Gasteiger partial charge in [0.2, 0.25) is 5.91 Å². The van der Waals surface area contributed by atoms with Crippen molar-refractivity contribution in [2.45, 2.75) is 32.2 Å². The zero-order valence-corrected chi connectivity index (χ0v) is 19.6. The second-order valence-electron chi connectivity index (χ2n) is 8.34. The molecule has 1 aliphatic rings. The van der Waals surface area contributed by atoms with E-state index in [9.17, 15) is 9.59 Å². The molecule has 0 saturated heterocycles. The summed E-state index contributed by atoms with van der Waals surface area (Å²) in [6.07, 6.45) is 0.518. The number of benzene rings is 3. The molecule has 0 N–H and O–H groups in total. The highest BCUT2D eigenvalue weighted by Gasteiger charge is 2.38. The number of hydrogen-bond acceptors (Lipinski definition) is 4. The van der Waals surface area contributed by atoms with Crippen molar-refractivity contribution in [3.05, 3.63) is 89.5 Å². The maximum atomic E-state index is 13.8. The Bertz CT molecular complexity index is 1230. The number of carbonyl (C=O) groups is 2. The second-order valence-corrected chi connectivity index (χ2v) is 8.34. The van der Waals surface area contributed by atoms with Crippen molar-refractivity contribution in [1.29, 1.82) is 5.26 Å². The minimum absolute atomic E-state index is 0.0111. The summed E-state index contributed by atoms with van der Waals surface area (Å²) < 4.78 is 5.21. The summed E-state index contributed by atoms with van der Waals surface area (Å²) >= 11 is 0. The molecule has 3 aromatic rings. The van der Waals surface area contributed by atoms with Crippen LogP contribution in [0.3, 0.4) is 0 Å². The third kappa shape index (κ3) is 4.25. The molecule has 1 heterocycles. The van der Waals surface area contributed by atoms with Gasteiger partial charge < -0.3 is 14.5 Å². The van der Waals surface area contributed by atoms with Gasteiger partial charge in [0.25, 0.3) is 5.91 Å². The van der Waals surface area contributed by atoms with Crippen molar-refractivity contribution < 1.29 is 14.3 Å². The Balaban J connectivity index is 1.67. The highest BCUT2D eigenvalue weighted by Crippen LogP contribution is 2.40. The van der Waals surface area contributed by atoms with E-state index < -0.39 is 0 Å². The Labute approximate surface area is 200 Å². The Hall–Kier alpha value is -4.11. The van der Waals surface area contributed by atoms with Crippen molar-refractivity contribution in [3.63, 3.8) is 0 Å². The van der Waals surface area contributed by atoms with Crippen LogP contribution in [0.15, 0.2) is 72.8 Å². The summed E-state index contributed by atoms with van der Waals surface area (Å²) in [5.74, 6) is 0.203. The fourth-order valence-corrected chi connectivity index (χ4v) is 4.60. The van der Waals surface area contributed by atoms with Crippen molar-refractivity contribution in [3.8, 4) is 11.8 Å². The number of rotatable bonds is 5. The number of amides is 2. The van der Waals surface area contributed by atoms with Gasteiger partial charge in [-0.1, -0.05) is 18.2 Å². The maximum Gasteiger partial charge on any atom is 0.258 e. The number of nitriles is 1. The zero-order chi connectivity index (χ0) is 24.2. The quantitative estimate of drug-likeness (QED) is 0.536. The van der Waals surface area contributed by atoms with Gasteiger partial charge >= 0.3 is 0 Å². The van der Waals surface area contributed by atoms with E-state index in [-0.39, 0.29) is 23.8 Å². The first-order chi connectivity index (χ1) is 16.5. The van der Waals surface area contributed by atoms with Gasteiger partial charge in [-0.25, -0.2) is 0 Å². The van der Waals surface area contributed by atoms with Crippen LogP contribution in [0, 0.1) is 11.3 Å². The molecule has 0 aromatic heterocycles. The molecule has 172 valence electrons. The Morgan fingerprint density at radius 2 is 1.74 bits per heavy atom. The zero-order valence-electron chi connectivity index (χ0n) is 19.6. The van der Waals surface area contributed by atoms with Gasteiger partial charge in [0.1, 0.15) is 5.75 Å². The molecule has 0 bridgehead atoms. The van der Waals surface area contributed by atoms with Crippen molar-refractivity contribution >= 4 is 23.2 Å². The molecule has 0 fully saturated rings. The topological polar surface area (TPSA) is 73.6 Å². The Kier molecular flexibility index (Phi) is 6.65. The van der Waals surface area contributed by atoms with Crippen molar-refractivity contribution in [2.24, 2.45) is 0 Å². The summed E-state index contributed by atoms with van der Waals surface area (Å²) in [5.41, 5.74) is 3.49. The van der Waals surface area contributed by atoms with E-state index in [4.69, 9.17) is 10.00 Å². The van der Waals surface area contributed by atoms with E-state index in [1.807, 2.05) is 38.1 Å². The average molecular weight is 454 g/mol. The highest BCUT2D eigenvalue weighted by atomic mass is 16.5. The molecular formula is C28H27N3O3. The number of methoxy groups -OCH3 is 1. The SMILES string of the molecule is CCN(C(=O)[C@@H]1C[C@@H](C)N(C(=O)c2ccc(OC)cc2)c2ccccc21)c1ccc(C#N)cc1. The number of likely N-dealkylation sites (N-methyl/N-ethyl adjacent to an activating group) is 1. The number of hydrogen-bond donors (Lipinski definition) is 0. The smallest absolute Gasteiger partial charge is 0.258 e. The van der Waals surface area contributed by atoms with Crippen LogP contribution in [0.2, 0.25) is 0 Å². The van der Waals surface area contributed by atoms with Crippen LogP contribution in [-0.4, -0.2) is 31.5 Å². The number of para-hydroxylation sites is 1. The normalized spacial score (nSPS) is 16.8. The van der Waals surface area contributed by atoms with E-state index in [0.717, 1.165) is 16.9 Å². The molecule has 0 aliphatic carbocycles. The monoisotopic (exact) mass is 453 g/mol. The van der Waals surface area contributed by atoms with Crippen LogP contribution in [-0.2, 0) is 4.79 Å². The lowest BCUT2D eigenvalue weighted by atomic mass is 9.84. The number of nitrogens with zero attached hydrogens (tertiary/aromatic N) is 3. The Morgan fingerprint density at radius 1 is 1.06 bits per heavy atom. The van der Waals surface area contributed by atoms with E-state index in [2.05, 4.69) is 6.07 Å². The molecule has 0 radical (unpaired) electrons. The summed E-state index contributed by atoms with van der Waals surface area (Å²) in [7, 11) is 1.59. The molecule has 1 aliphatic heterocycles. The lowest BCUT2D eigenvalue weighted by Crippen LogP contribution is -2.46. The van der Waals surface area contributed by atoms with Gasteiger partial charge in [0.05, 0.1) is 24.7 Å². The van der Waals surface area contributed by atoms with Crippen LogP contribution >= 0.6 is 0 Å². The highest BCUT2D eigenvalue weighted by molar-refractivity contribution is 6.09. The second kappa shape index (κ2) is 9.80. The molecule has 2 atom stereocenters. The number of carbonyl (C=O) groups excluding carboxylic acids is 2. The summed E-state index contributed by atoms with van der Waals surface area (Å²) in [6, 6.07) is 23.7. The van der Waals surface area contributed by atoms with Crippen LogP contribution in [0.1, 0.15) is 47.7 Å². The van der Waals surface area contributed by atoms with Gasteiger partial charge in [-0.05, 0) is 80.4 Å². The van der Waals surface area contributed by atoms with Crippen LogP contribution in [0.25, 0.3) is 0 Å². The average Bonchev–Trinajstić information content (AvgIpc) is 2.88. The molecule has 34 heavy (non-hydrogen) atoms. The molecular weight excluding hydrogens is 426 g/mol. The lowest BCUT2D eigenvalue weighted by Gasteiger charge is -2.40. The molecule has 0 unspecified atom stereocenters. The van der Waals surface area contributed by atoms with Crippen LogP contribution < -0.4 is 14.5 Å². The fraction of sp³-hybridized carbons (Fsp3) is 0.250. The van der Waals surface area contributed by atoms with Gasteiger partial charge in [0.15, 0.2) is 0 Å². The minimum Gasteiger partial charge on any atom is -0.497 e. The van der Waals surface area contributed by atoms with E-state index in [1.165, 1.54) is 0 Å². The largest absolute Gasteiger partial charge is 0.497 e. The van der Waals surface area contributed by atoms with Gasteiger partial charge in [-0.3, -0.25) is 9.59 Å². The maximum absolute atomic E-state index is 13.8. The van der Waals surface area contributed by atoms with Crippen molar-refractivity contribution in [1.82, 2.24) is 0 Å². The fourth-order valence-electron chi connectivity index (χ4n) is 4.60. The third-order valence-corrected chi connectivity index (χ3v) is 6.33. The van der Waals surface area contributed by atoms with E-state index in [0.29, 0.717) is 29.8 Å². The molecule has 3 aromatic carbocycles. The lowest BCUT2D eigenvalue weighted by molar-refractivity contribution is -0.120. The third-order valence-electron chi connectivity index (χ3n) is 6.33. The van der Waals surface area contributed by atoms with E-state index >= 15 is 0 Å². The van der Waals surface area contributed by atoms with Crippen LogP contribution in [0.4, 0.5) is 11.4 Å². The molecule has 4 rings (SSSR count). The first-order valence-corrected chi connectivity index (χ1v) is 11.4. The van der Waals surface area contributed by atoms with Crippen LogP contribution in [0.5, 0.6) is 5.75 Å². The molecule has 0 spiro atoms. The molecule has 6 heteroatoms. The van der Waals surface area contributed by atoms with E-state index in [1.54, 1.807) is 65.4 Å². The molecule has 6 nitrogen and oxygen atoms in total. The predicted octanol–water partition coefficient (Wildman–Crippen LogP) is 5.14. The number of fused-ring (bicyclic) bond motifs is 1. The van der Waals surface area contributed by atoms with Gasteiger partial charge in [0, 0.05) is 29.5 Å². The number of ether oxygens (including phenoxy) is 1. The van der Waals surface area contributed by atoms with Crippen molar-refractivity contribution in [2.75, 3.05) is 23.5 Å². The molecule has 0 saturated carbocycles. The van der Waals surface area contributed by atoms with Gasteiger partial charge in [-0.2, -0.15) is 5.26 Å². The summed E-state index contributed by atoms with van der Waals surface area (Å²) in [6.45, 7) is 4.43. The Morgan fingerprint density at radius 3 is 2.35 bits per heavy atom. The minimum atomic E-state index is -0.373.